The smallest absolute Gasteiger partial charge is 0.115 e. The highest BCUT2D eigenvalue weighted by molar-refractivity contribution is 5.12. The van der Waals surface area contributed by atoms with Crippen molar-refractivity contribution < 1.29 is 4.74 Å². The van der Waals surface area contributed by atoms with Crippen LogP contribution in [0.5, 0.6) is 0 Å². The summed E-state index contributed by atoms with van der Waals surface area (Å²) in [7, 11) is 0. The second kappa shape index (κ2) is 6.19. The number of nitrogens with one attached hydrogen (secondary N) is 1. The van der Waals surface area contributed by atoms with Crippen LogP contribution in [0.3, 0.4) is 0 Å². The van der Waals surface area contributed by atoms with Crippen LogP contribution in [-0.4, -0.2) is 28.7 Å². The van der Waals surface area contributed by atoms with Gasteiger partial charge < -0.3 is 10.1 Å². The van der Waals surface area contributed by atoms with Gasteiger partial charge in [0.25, 0.3) is 0 Å². The van der Waals surface area contributed by atoms with E-state index in [-0.39, 0.29) is 5.60 Å². The van der Waals surface area contributed by atoms with Gasteiger partial charge in [0.2, 0.25) is 0 Å². The zero-order chi connectivity index (χ0) is 13.8. The van der Waals surface area contributed by atoms with E-state index in [0.717, 1.165) is 26.0 Å². The van der Waals surface area contributed by atoms with Crippen molar-refractivity contribution in [3.8, 4) is 0 Å². The van der Waals surface area contributed by atoms with Crippen molar-refractivity contribution in [2.24, 2.45) is 5.92 Å². The third kappa shape index (κ3) is 2.86. The van der Waals surface area contributed by atoms with Gasteiger partial charge in [-0.25, -0.2) is 9.97 Å². The quantitative estimate of drug-likeness (QED) is 0.897. The number of ether oxygens (including phenoxy) is 1. The lowest BCUT2D eigenvalue weighted by molar-refractivity contribution is -0.147. The molecule has 1 saturated heterocycles. The van der Waals surface area contributed by atoms with Crippen LogP contribution in [-0.2, 0) is 4.74 Å². The van der Waals surface area contributed by atoms with Crippen LogP contribution in [0.2, 0.25) is 0 Å². The minimum atomic E-state index is 0.199. The molecule has 0 amide bonds. The fourth-order valence-electron chi connectivity index (χ4n) is 3.60. The Hall–Kier alpha value is -1.00. The number of hydrogen-bond acceptors (Lipinski definition) is 4. The molecule has 2 atom stereocenters. The van der Waals surface area contributed by atoms with E-state index in [9.17, 15) is 0 Å². The molecule has 2 heterocycles. The molecule has 1 N–H and O–H groups in total. The summed E-state index contributed by atoms with van der Waals surface area (Å²) < 4.78 is 6.06. The number of nitrogens with zero attached hydrogens (tertiary/aromatic N) is 2. The average Bonchev–Trinajstić information content (AvgIpc) is 2.47. The Balaban J connectivity index is 1.74. The Morgan fingerprint density at radius 1 is 1.40 bits per heavy atom. The van der Waals surface area contributed by atoms with Crippen LogP contribution in [0.4, 0.5) is 0 Å². The lowest BCUT2D eigenvalue weighted by atomic mass is 9.70. The van der Waals surface area contributed by atoms with E-state index >= 15 is 0 Å². The molecule has 2 fully saturated rings. The molecule has 110 valence electrons. The normalized spacial score (nSPS) is 26.1. The van der Waals surface area contributed by atoms with Crippen molar-refractivity contribution in [2.75, 3.05) is 13.2 Å². The fourth-order valence-corrected chi connectivity index (χ4v) is 3.60. The first-order valence-electron chi connectivity index (χ1n) is 7.95. The molecule has 2 aliphatic rings. The molecule has 2 unspecified atom stereocenters. The molecule has 1 aromatic heterocycles. The van der Waals surface area contributed by atoms with E-state index in [1.54, 1.807) is 6.33 Å². The summed E-state index contributed by atoms with van der Waals surface area (Å²) in [6.07, 6.45) is 12.8. The number of rotatable bonds is 5. The highest BCUT2D eigenvalue weighted by atomic mass is 16.5. The van der Waals surface area contributed by atoms with Crippen LogP contribution in [0.25, 0.3) is 0 Å². The lowest BCUT2D eigenvalue weighted by Crippen LogP contribution is -2.48. The largest absolute Gasteiger partial charge is 0.375 e. The summed E-state index contributed by atoms with van der Waals surface area (Å²) in [6.45, 7) is 4.16. The average molecular weight is 275 g/mol. The molecule has 4 heteroatoms. The molecule has 1 aliphatic carbocycles. The first-order valence-corrected chi connectivity index (χ1v) is 7.95. The predicted molar refractivity (Wildman–Crippen MR) is 78.3 cm³/mol. The van der Waals surface area contributed by atoms with Crippen molar-refractivity contribution in [3.63, 3.8) is 0 Å². The monoisotopic (exact) mass is 275 g/mol. The summed E-state index contributed by atoms with van der Waals surface area (Å²) in [6, 6.07) is 0.373. The Morgan fingerprint density at radius 3 is 2.85 bits per heavy atom. The van der Waals surface area contributed by atoms with Crippen molar-refractivity contribution in [2.45, 2.75) is 57.1 Å². The van der Waals surface area contributed by atoms with Crippen LogP contribution >= 0.6 is 0 Å². The molecular formula is C16H25N3O. The highest BCUT2D eigenvalue weighted by Crippen LogP contribution is 2.47. The Labute approximate surface area is 121 Å². The van der Waals surface area contributed by atoms with Crippen molar-refractivity contribution >= 4 is 0 Å². The Kier molecular flexibility index (Phi) is 4.32. The zero-order valence-corrected chi connectivity index (χ0v) is 12.3. The van der Waals surface area contributed by atoms with Gasteiger partial charge in [-0.1, -0.05) is 6.92 Å². The van der Waals surface area contributed by atoms with Gasteiger partial charge in [-0.15, -0.1) is 0 Å². The first-order chi connectivity index (χ1) is 9.83. The number of hydrogen-bond donors (Lipinski definition) is 1. The molecule has 1 aromatic rings. The molecule has 0 radical (unpaired) electrons. The molecule has 20 heavy (non-hydrogen) atoms. The zero-order valence-electron chi connectivity index (χ0n) is 12.3. The molecule has 0 bridgehead atoms. The predicted octanol–water partition coefficient (Wildman–Crippen LogP) is 2.87. The molecule has 1 aliphatic heterocycles. The fraction of sp³-hybridized carbons (Fsp3) is 0.750. The summed E-state index contributed by atoms with van der Waals surface area (Å²) >= 11 is 0. The van der Waals surface area contributed by atoms with E-state index in [4.69, 9.17) is 4.74 Å². The van der Waals surface area contributed by atoms with E-state index in [1.807, 2.05) is 12.4 Å². The minimum Gasteiger partial charge on any atom is -0.375 e. The second-order valence-electron chi connectivity index (χ2n) is 6.24. The van der Waals surface area contributed by atoms with Crippen LogP contribution in [0, 0.1) is 5.92 Å². The summed E-state index contributed by atoms with van der Waals surface area (Å²) in [5, 5.41) is 3.71. The van der Waals surface area contributed by atoms with Gasteiger partial charge in [-0.2, -0.15) is 0 Å². The van der Waals surface area contributed by atoms with Crippen molar-refractivity contribution in [3.05, 3.63) is 24.3 Å². The van der Waals surface area contributed by atoms with Gasteiger partial charge in [0.15, 0.2) is 0 Å². The van der Waals surface area contributed by atoms with Gasteiger partial charge in [0.05, 0.1) is 5.60 Å². The van der Waals surface area contributed by atoms with Crippen LogP contribution in [0.1, 0.15) is 57.1 Å². The molecule has 3 rings (SSSR count). The maximum Gasteiger partial charge on any atom is 0.115 e. The van der Waals surface area contributed by atoms with Gasteiger partial charge in [0, 0.05) is 30.6 Å². The number of aromatic nitrogens is 2. The van der Waals surface area contributed by atoms with E-state index < -0.39 is 0 Å². The highest BCUT2D eigenvalue weighted by Gasteiger charge is 2.44. The maximum atomic E-state index is 6.06. The van der Waals surface area contributed by atoms with Gasteiger partial charge in [-0.05, 0) is 51.0 Å². The van der Waals surface area contributed by atoms with Crippen LogP contribution < -0.4 is 5.32 Å². The van der Waals surface area contributed by atoms with Gasteiger partial charge in [0.1, 0.15) is 6.33 Å². The first kappa shape index (κ1) is 14.0. The summed E-state index contributed by atoms with van der Waals surface area (Å²) in [5.74, 6) is 0.640. The van der Waals surface area contributed by atoms with E-state index in [0.29, 0.717) is 12.0 Å². The maximum absolute atomic E-state index is 6.06. The molecule has 0 aromatic carbocycles. The topological polar surface area (TPSA) is 47.0 Å². The van der Waals surface area contributed by atoms with Gasteiger partial charge in [-0.3, -0.25) is 0 Å². The minimum absolute atomic E-state index is 0.199. The molecular weight excluding hydrogens is 250 g/mol. The lowest BCUT2D eigenvalue weighted by Gasteiger charge is -2.49. The third-order valence-electron chi connectivity index (χ3n) is 4.82. The van der Waals surface area contributed by atoms with Crippen molar-refractivity contribution in [1.29, 1.82) is 0 Å². The Bertz CT molecular complexity index is 419. The molecule has 1 spiro atoms. The van der Waals surface area contributed by atoms with E-state index in [2.05, 4.69) is 22.2 Å². The second-order valence-corrected chi connectivity index (χ2v) is 6.24. The standard InChI is InChI=1S/C16H25N3O/c1-2-7-19-15(14-10-17-12-18-11-14)13-4-8-20-16(9-13)5-3-6-16/h10-13,15,19H,2-9H2,1H3. The summed E-state index contributed by atoms with van der Waals surface area (Å²) in [4.78, 5) is 8.39. The van der Waals surface area contributed by atoms with Crippen molar-refractivity contribution in [1.82, 2.24) is 15.3 Å². The van der Waals surface area contributed by atoms with Gasteiger partial charge >= 0.3 is 0 Å². The SMILES string of the molecule is CCCNC(c1cncnc1)C1CCOC2(CCC2)C1. The van der Waals surface area contributed by atoms with Crippen LogP contribution in [0.15, 0.2) is 18.7 Å². The summed E-state index contributed by atoms with van der Waals surface area (Å²) in [5.41, 5.74) is 1.42. The third-order valence-corrected chi connectivity index (χ3v) is 4.82. The van der Waals surface area contributed by atoms with E-state index in [1.165, 1.54) is 31.2 Å². The Morgan fingerprint density at radius 2 is 2.20 bits per heavy atom. The molecule has 4 nitrogen and oxygen atoms in total. The molecule has 1 saturated carbocycles.